The van der Waals surface area contributed by atoms with Gasteiger partial charge in [0, 0.05) is 61.0 Å². The molecule has 2 rings (SSSR count). The van der Waals surface area contributed by atoms with E-state index in [2.05, 4.69) is 26.6 Å². The minimum Gasteiger partial charge on any atom is -0.491 e. The normalized spacial score (nSPS) is 10.8. The van der Waals surface area contributed by atoms with Crippen molar-refractivity contribution in [1.82, 2.24) is 0 Å². The van der Waals surface area contributed by atoms with Crippen LogP contribution in [0.1, 0.15) is 27.1 Å². The van der Waals surface area contributed by atoms with E-state index < -0.39 is 27.3 Å². The molecule has 0 saturated heterocycles. The Morgan fingerprint density at radius 1 is 0.919 bits per heavy atom. The number of ether oxygens (including phenoxy) is 2. The van der Waals surface area contributed by atoms with Crippen molar-refractivity contribution in [2.45, 2.75) is 6.42 Å². The molecule has 0 atom stereocenters. The number of nitrogens with one attached hydrogen (secondary N) is 2. The molecule has 0 aliphatic carbocycles. The van der Waals surface area contributed by atoms with Gasteiger partial charge in [0.15, 0.2) is 5.69 Å². The van der Waals surface area contributed by atoms with E-state index in [-0.39, 0.29) is 58.1 Å². The fraction of sp³-hybridized carbons (Fsp3) is 0.273. The smallest absolute Gasteiger partial charge is 0.296 e. The van der Waals surface area contributed by atoms with Crippen LogP contribution >= 0.6 is 15.9 Å². The van der Waals surface area contributed by atoms with E-state index in [1.54, 1.807) is 12.2 Å². The highest BCUT2D eigenvalue weighted by atomic mass is 79.9. The average molecular weight is 581 g/mol. The molecular formula is C22H25BrN6O8. The SMILES string of the molecule is COCCCOc1cc(C(N)=O)cc([N+](=O)[O-])c1NCC=CCNc1c(Br)cc(C(N)=O)cc1[N+](=O)[O-]. The van der Waals surface area contributed by atoms with Crippen molar-refractivity contribution in [3.8, 4) is 5.75 Å². The predicted molar refractivity (Wildman–Crippen MR) is 139 cm³/mol. The highest BCUT2D eigenvalue weighted by Crippen LogP contribution is 2.36. The van der Waals surface area contributed by atoms with Crippen molar-refractivity contribution in [1.29, 1.82) is 0 Å². The molecule has 37 heavy (non-hydrogen) atoms. The zero-order valence-corrected chi connectivity index (χ0v) is 21.3. The molecular weight excluding hydrogens is 556 g/mol. The largest absolute Gasteiger partial charge is 0.491 e. The third-order valence-corrected chi connectivity index (χ3v) is 5.45. The summed E-state index contributed by atoms with van der Waals surface area (Å²) >= 11 is 3.19. The first kappa shape index (κ1) is 29.0. The van der Waals surface area contributed by atoms with Crippen molar-refractivity contribution in [2.24, 2.45) is 11.5 Å². The first-order valence-electron chi connectivity index (χ1n) is 10.7. The van der Waals surface area contributed by atoms with Crippen molar-refractivity contribution in [2.75, 3.05) is 44.0 Å². The third-order valence-electron chi connectivity index (χ3n) is 4.82. The molecule has 0 fully saturated rings. The lowest BCUT2D eigenvalue weighted by molar-refractivity contribution is -0.384. The number of primary amides is 2. The lowest BCUT2D eigenvalue weighted by Crippen LogP contribution is -2.14. The summed E-state index contributed by atoms with van der Waals surface area (Å²) in [6.45, 7) is 0.871. The Morgan fingerprint density at radius 3 is 1.95 bits per heavy atom. The van der Waals surface area contributed by atoms with Gasteiger partial charge >= 0.3 is 0 Å². The number of hydrogen-bond donors (Lipinski definition) is 4. The monoisotopic (exact) mass is 580 g/mol. The minimum atomic E-state index is -0.841. The molecule has 0 unspecified atom stereocenters. The molecule has 14 nitrogen and oxygen atoms in total. The van der Waals surface area contributed by atoms with Crippen LogP contribution in [-0.2, 0) is 4.74 Å². The molecule has 198 valence electrons. The summed E-state index contributed by atoms with van der Waals surface area (Å²) in [6, 6.07) is 4.82. The summed E-state index contributed by atoms with van der Waals surface area (Å²) in [7, 11) is 1.53. The second kappa shape index (κ2) is 13.7. The molecule has 6 N–H and O–H groups in total. The Kier molecular flexibility index (Phi) is 10.8. The number of hydrogen-bond acceptors (Lipinski definition) is 10. The van der Waals surface area contributed by atoms with Gasteiger partial charge in [-0.1, -0.05) is 12.2 Å². The second-order valence-electron chi connectivity index (χ2n) is 7.39. The number of nitro benzene ring substituents is 2. The molecule has 2 amide bonds. The predicted octanol–water partition coefficient (Wildman–Crippen LogP) is 2.96. The highest BCUT2D eigenvalue weighted by Gasteiger charge is 2.23. The third kappa shape index (κ3) is 8.15. The quantitative estimate of drug-likeness (QED) is 0.104. The molecule has 0 radical (unpaired) electrons. The molecule has 0 aromatic heterocycles. The fourth-order valence-electron chi connectivity index (χ4n) is 3.11. The number of nitrogens with zero attached hydrogens (tertiary/aromatic N) is 2. The molecule has 0 spiro atoms. The molecule has 0 heterocycles. The first-order valence-corrected chi connectivity index (χ1v) is 11.5. The Labute approximate surface area is 219 Å². The molecule has 0 aliphatic rings. The molecule has 15 heteroatoms. The number of nitro groups is 2. The number of carbonyl (C=O) groups is 2. The maximum absolute atomic E-state index is 11.6. The van der Waals surface area contributed by atoms with Gasteiger partial charge in [-0.15, -0.1) is 0 Å². The maximum atomic E-state index is 11.6. The standard InChI is InChI=1S/C22H25BrN6O8/c1-36-7-4-8-37-18-12-14(22(25)31)11-17(29(34)35)20(18)27-6-3-2-5-26-19-15(23)9-13(21(24)30)10-16(19)28(32)33/h2-3,9-12,26-27H,4-8H2,1H3,(H2,24,30)(H2,25,31). The number of anilines is 2. The second-order valence-corrected chi connectivity index (χ2v) is 8.25. The van der Waals surface area contributed by atoms with Crippen LogP contribution in [0.3, 0.4) is 0 Å². The van der Waals surface area contributed by atoms with Crippen LogP contribution in [0.4, 0.5) is 22.7 Å². The van der Waals surface area contributed by atoms with E-state index >= 15 is 0 Å². The topological polar surface area (TPSA) is 215 Å². The van der Waals surface area contributed by atoms with Gasteiger partial charge in [0.1, 0.15) is 11.4 Å². The summed E-state index contributed by atoms with van der Waals surface area (Å²) in [5.41, 5.74) is 9.89. The maximum Gasteiger partial charge on any atom is 0.296 e. The molecule has 0 bridgehead atoms. The number of benzene rings is 2. The molecule has 0 aliphatic heterocycles. The van der Waals surface area contributed by atoms with Crippen LogP contribution in [0.5, 0.6) is 5.75 Å². The number of halogens is 1. The Bertz CT molecular complexity index is 1220. The summed E-state index contributed by atoms with van der Waals surface area (Å²) < 4.78 is 10.9. The van der Waals surface area contributed by atoms with E-state index in [9.17, 15) is 29.8 Å². The van der Waals surface area contributed by atoms with E-state index in [0.29, 0.717) is 13.0 Å². The summed E-state index contributed by atoms with van der Waals surface area (Å²) in [6.07, 6.45) is 3.77. The Balaban J connectivity index is 2.15. The van der Waals surface area contributed by atoms with Gasteiger partial charge in [-0.2, -0.15) is 0 Å². The zero-order chi connectivity index (χ0) is 27.5. The van der Waals surface area contributed by atoms with Gasteiger partial charge in [-0.3, -0.25) is 29.8 Å². The lowest BCUT2D eigenvalue weighted by Gasteiger charge is -2.14. The molecule has 2 aromatic carbocycles. The fourth-order valence-corrected chi connectivity index (χ4v) is 3.70. The number of nitrogens with two attached hydrogens (primary N) is 2. The van der Waals surface area contributed by atoms with Crippen LogP contribution in [-0.4, -0.2) is 55.1 Å². The van der Waals surface area contributed by atoms with Gasteiger partial charge < -0.3 is 31.6 Å². The van der Waals surface area contributed by atoms with Crippen molar-refractivity contribution >= 4 is 50.5 Å². The van der Waals surface area contributed by atoms with Gasteiger partial charge in [-0.25, -0.2) is 0 Å². The van der Waals surface area contributed by atoms with E-state index in [1.807, 2.05) is 0 Å². The van der Waals surface area contributed by atoms with Crippen LogP contribution in [0.2, 0.25) is 0 Å². The van der Waals surface area contributed by atoms with E-state index in [1.165, 1.54) is 19.2 Å². The van der Waals surface area contributed by atoms with Crippen molar-refractivity contribution in [3.63, 3.8) is 0 Å². The van der Waals surface area contributed by atoms with Crippen molar-refractivity contribution < 1.29 is 28.9 Å². The minimum absolute atomic E-state index is 0.0203. The van der Waals surface area contributed by atoms with Gasteiger partial charge in [0.2, 0.25) is 11.8 Å². The Hall–Kier alpha value is -4.24. The van der Waals surface area contributed by atoms with Crippen LogP contribution in [0.25, 0.3) is 0 Å². The molecule has 0 saturated carbocycles. The Morgan fingerprint density at radius 2 is 1.43 bits per heavy atom. The van der Waals surface area contributed by atoms with Crippen LogP contribution in [0, 0.1) is 20.2 Å². The number of amides is 2. The lowest BCUT2D eigenvalue weighted by atomic mass is 10.1. The summed E-state index contributed by atoms with van der Waals surface area (Å²) in [4.78, 5) is 44.7. The number of rotatable bonds is 15. The van der Waals surface area contributed by atoms with Gasteiger partial charge in [0.25, 0.3) is 11.4 Å². The average Bonchev–Trinajstić information content (AvgIpc) is 2.84. The van der Waals surface area contributed by atoms with Gasteiger partial charge in [-0.05, 0) is 28.1 Å². The zero-order valence-electron chi connectivity index (χ0n) is 19.7. The molecule has 2 aromatic rings. The number of methoxy groups -OCH3 is 1. The summed E-state index contributed by atoms with van der Waals surface area (Å²) in [5, 5.41) is 28.8. The van der Waals surface area contributed by atoms with Crippen LogP contribution in [0.15, 0.2) is 40.9 Å². The first-order chi connectivity index (χ1) is 17.6. The number of carbonyl (C=O) groups excluding carboxylic acids is 2. The van der Waals surface area contributed by atoms with Crippen LogP contribution < -0.4 is 26.8 Å². The van der Waals surface area contributed by atoms with E-state index in [4.69, 9.17) is 20.9 Å². The highest BCUT2D eigenvalue weighted by molar-refractivity contribution is 9.10. The van der Waals surface area contributed by atoms with E-state index in [0.717, 1.165) is 12.1 Å². The van der Waals surface area contributed by atoms with Gasteiger partial charge in [0.05, 0.1) is 16.5 Å². The summed E-state index contributed by atoms with van der Waals surface area (Å²) in [5.74, 6) is -1.56. The van der Waals surface area contributed by atoms with Crippen molar-refractivity contribution in [3.05, 3.63) is 72.2 Å².